The summed E-state index contributed by atoms with van der Waals surface area (Å²) in [6.45, 7) is 11.5. The predicted molar refractivity (Wildman–Crippen MR) is 213 cm³/mol. The van der Waals surface area contributed by atoms with Gasteiger partial charge < -0.3 is 48.7 Å². The number of carbonyl (C=O) groups excluding carboxylic acids is 5. The van der Waals surface area contributed by atoms with E-state index in [1.54, 1.807) is 89.4 Å². The lowest BCUT2D eigenvalue weighted by Crippen LogP contribution is -2.62. The van der Waals surface area contributed by atoms with E-state index in [9.17, 15) is 29.1 Å². The molecule has 5 heterocycles. The summed E-state index contributed by atoms with van der Waals surface area (Å²) in [5, 5.41) is 16.8. The summed E-state index contributed by atoms with van der Waals surface area (Å²) in [7, 11) is 3.54. The highest BCUT2D eigenvalue weighted by atomic mass is 19.1. The molecule has 2 amide bonds. The lowest BCUT2D eigenvalue weighted by molar-refractivity contribution is -0.292. The Hall–Kier alpha value is -4.78. The molecule has 3 N–H and O–H groups in total. The molecule has 5 rings (SSSR count). The second-order valence-corrected chi connectivity index (χ2v) is 16.8. The van der Waals surface area contributed by atoms with E-state index in [-0.39, 0.29) is 19.4 Å². The molecular formula is C42H58FN5O12. The Labute approximate surface area is 349 Å². The van der Waals surface area contributed by atoms with E-state index < -0.39 is 107 Å². The van der Waals surface area contributed by atoms with Gasteiger partial charge in [0, 0.05) is 42.7 Å². The van der Waals surface area contributed by atoms with Gasteiger partial charge in [0.25, 0.3) is 5.67 Å². The van der Waals surface area contributed by atoms with Crippen molar-refractivity contribution >= 4 is 35.8 Å². The predicted octanol–water partition coefficient (Wildman–Crippen LogP) is 4.41. The van der Waals surface area contributed by atoms with Gasteiger partial charge in [-0.15, -0.1) is 0 Å². The van der Waals surface area contributed by atoms with Gasteiger partial charge in [-0.25, -0.2) is 28.7 Å². The van der Waals surface area contributed by atoms with Crippen LogP contribution in [0.1, 0.15) is 80.4 Å². The number of carbonyl (C=O) groups is 5. The van der Waals surface area contributed by atoms with Crippen molar-refractivity contribution in [3.8, 4) is 11.6 Å². The van der Waals surface area contributed by atoms with Crippen LogP contribution in [-0.4, -0.2) is 130 Å². The molecule has 0 aliphatic carbocycles. The number of halogens is 1. The highest BCUT2D eigenvalue weighted by Gasteiger charge is 2.60. The normalized spacial score (nSPS) is 36.9. The molecule has 3 saturated heterocycles. The maximum absolute atomic E-state index is 16.9. The number of ketones is 2. The minimum atomic E-state index is -3.30. The lowest BCUT2D eigenvalue weighted by atomic mass is 9.73. The molecule has 18 heteroatoms. The molecule has 0 aromatic carbocycles. The highest BCUT2D eigenvalue weighted by Crippen LogP contribution is 2.41. The van der Waals surface area contributed by atoms with Gasteiger partial charge in [-0.2, -0.15) is 0 Å². The van der Waals surface area contributed by atoms with Crippen LogP contribution in [0.15, 0.2) is 41.1 Å². The number of furan rings is 1. The van der Waals surface area contributed by atoms with Gasteiger partial charge in [0.1, 0.15) is 35.5 Å². The van der Waals surface area contributed by atoms with Crippen LogP contribution in [0.3, 0.4) is 0 Å². The number of fused-ring (bicyclic) bond motifs is 1. The van der Waals surface area contributed by atoms with Gasteiger partial charge in [-0.1, -0.05) is 33.8 Å². The summed E-state index contributed by atoms with van der Waals surface area (Å²) >= 11 is 0. The first kappa shape index (κ1) is 46.3. The number of rotatable bonds is 9. The monoisotopic (exact) mass is 843 g/mol. The van der Waals surface area contributed by atoms with Crippen LogP contribution in [0.5, 0.6) is 0 Å². The largest absolute Gasteiger partial charge is 0.455 e. The van der Waals surface area contributed by atoms with Crippen LogP contribution in [0.2, 0.25) is 0 Å². The SMILES string of the molecule is CC[C@H]1OC(=O)[C@@](C)(F)C(=O)[C@H](C)[C@@H](O[C@@H]2O[C@H](C)C[C@H](N(C)C)[C@H]2O)[C@](C)(OC(=O)NC/C=C/c2ccc(-c3ncccn3)o2)C[C@@H](C)C(=O)[C@H](C)[C@H]2NC(=O)O[C@@]21C. The first-order valence-corrected chi connectivity index (χ1v) is 20.3. The third-order valence-electron chi connectivity index (χ3n) is 11.9. The fourth-order valence-electron chi connectivity index (χ4n) is 8.64. The minimum absolute atomic E-state index is 0.0409. The molecule has 2 aromatic rings. The van der Waals surface area contributed by atoms with Crippen LogP contribution in [-0.2, 0) is 38.1 Å². The quantitative estimate of drug-likeness (QED) is 0.181. The minimum Gasteiger partial charge on any atom is -0.455 e. The zero-order chi connectivity index (χ0) is 44.3. The van der Waals surface area contributed by atoms with E-state index in [0.717, 1.165) is 6.92 Å². The third kappa shape index (κ3) is 9.72. The first-order chi connectivity index (χ1) is 28.1. The number of hydrogen-bond donors (Lipinski definition) is 3. The molecule has 0 spiro atoms. The van der Waals surface area contributed by atoms with Crippen LogP contribution in [0.4, 0.5) is 14.0 Å². The van der Waals surface area contributed by atoms with Crippen molar-refractivity contribution < 1.29 is 61.6 Å². The number of esters is 1. The third-order valence-corrected chi connectivity index (χ3v) is 11.9. The van der Waals surface area contributed by atoms with Crippen molar-refractivity contribution in [1.29, 1.82) is 0 Å². The van der Waals surface area contributed by atoms with Gasteiger partial charge in [-0.05, 0) is 85.3 Å². The number of nitrogens with one attached hydrogen (secondary N) is 2. The van der Waals surface area contributed by atoms with Crippen molar-refractivity contribution in [2.45, 2.75) is 134 Å². The van der Waals surface area contributed by atoms with E-state index >= 15 is 4.39 Å². The summed E-state index contributed by atoms with van der Waals surface area (Å²) in [4.78, 5) is 79.1. The van der Waals surface area contributed by atoms with Crippen LogP contribution in [0.25, 0.3) is 17.7 Å². The van der Waals surface area contributed by atoms with Gasteiger partial charge in [0.15, 0.2) is 29.3 Å². The summed E-state index contributed by atoms with van der Waals surface area (Å²) in [6.07, 6.45) is -1.38. The molecule has 17 nitrogen and oxygen atoms in total. The van der Waals surface area contributed by atoms with E-state index in [1.165, 1.54) is 20.8 Å². The van der Waals surface area contributed by atoms with Gasteiger partial charge in [-0.3, -0.25) is 9.59 Å². The van der Waals surface area contributed by atoms with Crippen molar-refractivity contribution in [3.05, 3.63) is 42.4 Å². The Morgan fingerprint density at radius 2 is 1.77 bits per heavy atom. The number of hydrogen-bond acceptors (Lipinski definition) is 15. The number of aliphatic hydroxyl groups is 1. The van der Waals surface area contributed by atoms with Gasteiger partial charge >= 0.3 is 18.2 Å². The van der Waals surface area contributed by atoms with Crippen LogP contribution in [0, 0.1) is 17.8 Å². The Morgan fingerprint density at radius 1 is 1.08 bits per heavy atom. The molecule has 3 aliphatic heterocycles. The Bertz CT molecular complexity index is 1910. The maximum atomic E-state index is 16.9. The number of ether oxygens (including phenoxy) is 5. The number of alkyl halides is 1. The molecule has 0 saturated carbocycles. The number of Topliss-reactive ketones (excluding diaryl/α,β-unsaturated/α-hetero) is 2. The molecule has 0 unspecified atom stereocenters. The van der Waals surface area contributed by atoms with Crippen molar-refractivity contribution in [2.24, 2.45) is 17.8 Å². The summed E-state index contributed by atoms with van der Waals surface area (Å²) in [5.41, 5.74) is -6.88. The van der Waals surface area contributed by atoms with Crippen LogP contribution < -0.4 is 10.6 Å². The van der Waals surface area contributed by atoms with Crippen molar-refractivity contribution in [3.63, 3.8) is 0 Å². The van der Waals surface area contributed by atoms with Crippen LogP contribution >= 0.6 is 0 Å². The standard InChI is InChI=1S/C42H58FN5O12/c1-11-29-42(8)32(47-39(54)60-42)24(4)30(49)22(2)21-40(6,59-38(53)46-17-12-14-26-15-16-28(56-26)35-44-18-13-19-45-35)34(25(5)33(51)41(7,43)37(52)57-29)58-36-31(50)27(48(9)10)20-23(3)55-36/h12-16,18-19,22-25,27,29,31-32,34,36,50H,11,17,20-21H2,1-10H3,(H,46,53)(H,47,54)/b14-12+/t22-,23-,24+,25+,27+,29-,31-,32-,34-,36+,40-,41+,42-/m1/s1. The molecule has 0 bridgehead atoms. The number of aliphatic hydroxyl groups excluding tert-OH is 1. The molecule has 13 atom stereocenters. The topological polar surface area (TPSA) is 218 Å². The molecule has 0 radical (unpaired) electrons. The number of nitrogens with zero attached hydrogens (tertiary/aromatic N) is 3. The second kappa shape index (κ2) is 18.5. The summed E-state index contributed by atoms with van der Waals surface area (Å²) in [5.74, 6) is -5.48. The molecular weight excluding hydrogens is 785 g/mol. The Kier molecular flexibility index (Phi) is 14.2. The average molecular weight is 844 g/mol. The van der Waals surface area contributed by atoms with Crippen molar-refractivity contribution in [2.75, 3.05) is 20.6 Å². The van der Waals surface area contributed by atoms with Crippen molar-refractivity contribution in [1.82, 2.24) is 25.5 Å². The van der Waals surface area contributed by atoms with E-state index in [2.05, 4.69) is 20.6 Å². The number of likely N-dealkylation sites (N-methyl/N-ethyl adjacent to an activating group) is 1. The molecule has 3 fully saturated rings. The molecule has 3 aliphatic rings. The van der Waals surface area contributed by atoms with E-state index in [0.29, 0.717) is 23.8 Å². The average Bonchev–Trinajstić information content (AvgIpc) is 3.80. The lowest BCUT2D eigenvalue weighted by Gasteiger charge is -2.47. The van der Waals surface area contributed by atoms with E-state index in [1.807, 2.05) is 0 Å². The fraction of sp³-hybridized carbons (Fsp3) is 0.643. The maximum Gasteiger partial charge on any atom is 0.408 e. The zero-order valence-electron chi connectivity index (χ0n) is 35.8. The Morgan fingerprint density at radius 3 is 2.42 bits per heavy atom. The summed E-state index contributed by atoms with van der Waals surface area (Å²) in [6, 6.07) is 3.56. The number of aromatic nitrogens is 2. The smallest absolute Gasteiger partial charge is 0.408 e. The van der Waals surface area contributed by atoms with E-state index in [4.69, 9.17) is 28.1 Å². The number of amides is 2. The highest BCUT2D eigenvalue weighted by molar-refractivity contribution is 6.08. The Balaban J connectivity index is 1.52. The molecule has 2 aromatic heterocycles. The second-order valence-electron chi connectivity index (χ2n) is 16.8. The van der Waals surface area contributed by atoms with Gasteiger partial charge in [0.05, 0.1) is 12.1 Å². The fourth-order valence-corrected chi connectivity index (χ4v) is 8.64. The molecule has 60 heavy (non-hydrogen) atoms. The molecule has 330 valence electrons. The number of alkyl carbamates (subject to hydrolysis) is 2. The zero-order valence-corrected chi connectivity index (χ0v) is 35.8. The summed E-state index contributed by atoms with van der Waals surface area (Å²) < 4.78 is 52.6. The van der Waals surface area contributed by atoms with Gasteiger partial charge in [0.2, 0.25) is 0 Å². The number of cyclic esters (lactones) is 1. The first-order valence-electron chi connectivity index (χ1n) is 20.3.